The maximum absolute atomic E-state index is 12.2. The van der Waals surface area contributed by atoms with Gasteiger partial charge in [0.05, 0.1) is 11.5 Å². The number of carbonyl (C=O) groups excluding carboxylic acids is 1. The predicted molar refractivity (Wildman–Crippen MR) is 98.5 cm³/mol. The molecule has 0 spiro atoms. The van der Waals surface area contributed by atoms with E-state index in [1.165, 1.54) is 17.3 Å². The van der Waals surface area contributed by atoms with Crippen LogP contribution in [0.25, 0.3) is 5.69 Å². The number of rotatable bonds is 5. The molecule has 1 amide bonds. The van der Waals surface area contributed by atoms with Crippen molar-refractivity contribution in [3.05, 3.63) is 42.2 Å². The Morgan fingerprint density at radius 3 is 2.60 bits per heavy atom. The van der Waals surface area contributed by atoms with E-state index in [2.05, 4.69) is 31.0 Å². The fraction of sp³-hybridized carbons (Fsp3) is 0.412. The first kappa shape index (κ1) is 18.0. The molecule has 1 aliphatic heterocycles. The van der Waals surface area contributed by atoms with E-state index in [1.54, 1.807) is 6.20 Å². The first-order valence-corrected chi connectivity index (χ1v) is 10.8. The number of benzene rings is 1. The van der Waals surface area contributed by atoms with Gasteiger partial charge in [-0.1, -0.05) is 37.7 Å². The molecule has 134 valence electrons. The van der Waals surface area contributed by atoms with Gasteiger partial charge in [0, 0.05) is 24.6 Å². The molecule has 0 aliphatic carbocycles. The van der Waals surface area contributed by atoms with Crippen molar-refractivity contribution in [2.24, 2.45) is 0 Å². The summed E-state index contributed by atoms with van der Waals surface area (Å²) >= 11 is 1.25. The largest absolute Gasteiger partial charge is 0.295 e. The van der Waals surface area contributed by atoms with Crippen LogP contribution in [0.15, 0.2) is 41.8 Å². The lowest BCUT2D eigenvalue weighted by molar-refractivity contribution is -0.123. The second kappa shape index (κ2) is 7.21. The van der Waals surface area contributed by atoms with Gasteiger partial charge in [-0.3, -0.25) is 9.36 Å². The van der Waals surface area contributed by atoms with Gasteiger partial charge in [0.15, 0.2) is 5.16 Å². The minimum Gasteiger partial charge on any atom is -0.295 e. The lowest BCUT2D eigenvalue weighted by atomic mass is 10.0. The summed E-state index contributed by atoms with van der Waals surface area (Å²) in [5.41, 5.74) is 2.22. The summed E-state index contributed by atoms with van der Waals surface area (Å²) in [5, 5.41) is 0.669. The summed E-state index contributed by atoms with van der Waals surface area (Å²) in [4.78, 5) is 16.5. The summed E-state index contributed by atoms with van der Waals surface area (Å²) in [6.07, 6.45) is 4.02. The molecule has 0 radical (unpaired) electrons. The maximum Gasteiger partial charge on any atom is 0.246 e. The van der Waals surface area contributed by atoms with Gasteiger partial charge in [-0.15, -0.1) is 0 Å². The van der Waals surface area contributed by atoms with Crippen LogP contribution in [0, 0.1) is 0 Å². The van der Waals surface area contributed by atoms with E-state index in [4.69, 9.17) is 0 Å². The molecule has 2 heterocycles. The van der Waals surface area contributed by atoms with Gasteiger partial charge in [0.2, 0.25) is 15.9 Å². The van der Waals surface area contributed by atoms with Crippen molar-refractivity contribution in [2.75, 3.05) is 18.1 Å². The summed E-state index contributed by atoms with van der Waals surface area (Å²) in [6, 6.07) is 8.20. The second-order valence-electron chi connectivity index (χ2n) is 6.25. The number of imidazole rings is 1. The van der Waals surface area contributed by atoms with Crippen LogP contribution in [0.1, 0.15) is 31.7 Å². The zero-order valence-electron chi connectivity index (χ0n) is 14.3. The van der Waals surface area contributed by atoms with E-state index in [-0.39, 0.29) is 24.0 Å². The number of nitrogens with zero attached hydrogens (tertiary/aromatic N) is 3. The summed E-state index contributed by atoms with van der Waals surface area (Å²) < 4.78 is 26.5. The number of hydrogen-bond donors (Lipinski definition) is 0. The average Bonchev–Trinajstić information content (AvgIpc) is 3.18. The van der Waals surface area contributed by atoms with E-state index in [9.17, 15) is 13.2 Å². The molecule has 8 heteroatoms. The molecular formula is C17H21N3O3S2. The van der Waals surface area contributed by atoms with Crippen molar-refractivity contribution in [1.29, 1.82) is 0 Å². The van der Waals surface area contributed by atoms with Crippen LogP contribution >= 0.6 is 11.8 Å². The van der Waals surface area contributed by atoms with Crippen molar-refractivity contribution >= 4 is 27.7 Å². The van der Waals surface area contributed by atoms with E-state index >= 15 is 0 Å². The minimum atomic E-state index is -3.41. The third kappa shape index (κ3) is 3.90. The Hall–Kier alpha value is -1.80. The standard InChI is InChI=1S/C17H21N3O3S2/c1-13(2)14-4-6-15(7-5-14)19-10-8-18-17(19)24-12-16(21)20-9-3-11-25(20,22)23/h4-8,10,13H,3,9,11-12H2,1-2H3. The first-order valence-electron chi connectivity index (χ1n) is 8.18. The average molecular weight is 380 g/mol. The van der Waals surface area contributed by atoms with Crippen LogP contribution in [0.3, 0.4) is 0 Å². The molecule has 0 unspecified atom stereocenters. The van der Waals surface area contributed by atoms with Gasteiger partial charge < -0.3 is 0 Å². The molecule has 25 heavy (non-hydrogen) atoms. The number of carbonyl (C=O) groups is 1. The van der Waals surface area contributed by atoms with Gasteiger partial charge in [-0.2, -0.15) is 0 Å². The van der Waals surface area contributed by atoms with Crippen LogP contribution in [-0.2, 0) is 14.8 Å². The lowest BCUT2D eigenvalue weighted by Crippen LogP contribution is -2.33. The van der Waals surface area contributed by atoms with Crippen molar-refractivity contribution in [1.82, 2.24) is 13.9 Å². The fourth-order valence-electron chi connectivity index (χ4n) is 2.73. The second-order valence-corrected chi connectivity index (χ2v) is 9.21. The number of sulfonamides is 1. The van der Waals surface area contributed by atoms with Crippen molar-refractivity contribution < 1.29 is 13.2 Å². The SMILES string of the molecule is CC(C)c1ccc(-n2ccnc2SCC(=O)N2CCCS2(=O)=O)cc1. The van der Waals surface area contributed by atoms with Crippen molar-refractivity contribution in [3.63, 3.8) is 0 Å². The molecule has 1 aromatic heterocycles. The Bertz CT molecular complexity index is 858. The third-order valence-corrected chi connectivity index (χ3v) is 6.96. The molecular weight excluding hydrogens is 358 g/mol. The minimum absolute atomic E-state index is 0.0558. The quantitative estimate of drug-likeness (QED) is 0.747. The topological polar surface area (TPSA) is 72.3 Å². The molecule has 0 saturated carbocycles. The normalized spacial score (nSPS) is 16.5. The molecule has 0 N–H and O–H groups in total. The van der Waals surface area contributed by atoms with E-state index in [0.717, 1.165) is 9.99 Å². The molecule has 1 aromatic carbocycles. The van der Waals surface area contributed by atoms with Crippen LogP contribution in [0.4, 0.5) is 0 Å². The van der Waals surface area contributed by atoms with Crippen LogP contribution < -0.4 is 0 Å². The van der Waals surface area contributed by atoms with Crippen LogP contribution in [-0.4, -0.2) is 46.2 Å². The Balaban J connectivity index is 1.71. The summed E-state index contributed by atoms with van der Waals surface area (Å²) in [6.45, 7) is 4.57. The van der Waals surface area contributed by atoms with E-state index in [0.29, 0.717) is 17.5 Å². The molecule has 2 aromatic rings. The molecule has 1 fully saturated rings. The lowest BCUT2D eigenvalue weighted by Gasteiger charge is -2.14. The fourth-order valence-corrected chi connectivity index (χ4v) is 5.16. The van der Waals surface area contributed by atoms with Gasteiger partial charge in [-0.25, -0.2) is 17.7 Å². The highest BCUT2D eigenvalue weighted by atomic mass is 32.2. The molecule has 1 aliphatic rings. The molecule has 3 rings (SSSR count). The maximum atomic E-state index is 12.2. The van der Waals surface area contributed by atoms with Crippen LogP contribution in [0.5, 0.6) is 0 Å². The summed E-state index contributed by atoms with van der Waals surface area (Å²) in [5.74, 6) is 0.193. The Morgan fingerprint density at radius 1 is 1.28 bits per heavy atom. The third-order valence-electron chi connectivity index (χ3n) is 4.15. The van der Waals surface area contributed by atoms with Gasteiger partial charge >= 0.3 is 0 Å². The predicted octanol–water partition coefficient (Wildman–Crippen LogP) is 2.65. The van der Waals surface area contributed by atoms with E-state index in [1.807, 2.05) is 22.9 Å². The van der Waals surface area contributed by atoms with Crippen molar-refractivity contribution in [3.8, 4) is 5.69 Å². The zero-order valence-corrected chi connectivity index (χ0v) is 15.9. The zero-order chi connectivity index (χ0) is 18.0. The number of aromatic nitrogens is 2. The molecule has 6 nitrogen and oxygen atoms in total. The Labute approximate surface area is 152 Å². The number of hydrogen-bond acceptors (Lipinski definition) is 5. The smallest absolute Gasteiger partial charge is 0.246 e. The van der Waals surface area contributed by atoms with Gasteiger partial charge in [0.1, 0.15) is 0 Å². The highest BCUT2D eigenvalue weighted by Gasteiger charge is 2.32. The molecule has 0 bridgehead atoms. The van der Waals surface area contributed by atoms with Gasteiger partial charge in [0.25, 0.3) is 0 Å². The first-order chi connectivity index (χ1) is 11.9. The summed E-state index contributed by atoms with van der Waals surface area (Å²) in [7, 11) is -3.41. The monoisotopic (exact) mass is 379 g/mol. The highest BCUT2D eigenvalue weighted by molar-refractivity contribution is 8.00. The number of thioether (sulfide) groups is 1. The van der Waals surface area contributed by atoms with Crippen molar-refractivity contribution in [2.45, 2.75) is 31.3 Å². The molecule has 0 atom stereocenters. The van der Waals surface area contributed by atoms with Crippen LogP contribution in [0.2, 0.25) is 0 Å². The number of amides is 1. The molecule has 1 saturated heterocycles. The van der Waals surface area contributed by atoms with Gasteiger partial charge in [-0.05, 0) is 30.0 Å². The Kier molecular flexibility index (Phi) is 5.19. The Morgan fingerprint density at radius 2 is 2.00 bits per heavy atom. The van der Waals surface area contributed by atoms with E-state index < -0.39 is 10.0 Å². The highest BCUT2D eigenvalue weighted by Crippen LogP contribution is 2.24.